The van der Waals surface area contributed by atoms with Crippen LogP contribution in [0.3, 0.4) is 0 Å². The summed E-state index contributed by atoms with van der Waals surface area (Å²) in [5.74, 6) is 1.20. The Morgan fingerprint density at radius 3 is 2.56 bits per heavy atom. The van der Waals surface area contributed by atoms with E-state index in [-0.39, 0.29) is 11.8 Å². The number of nitrogens with two attached hydrogens (primary N) is 1. The van der Waals surface area contributed by atoms with Crippen LogP contribution >= 0.6 is 0 Å². The first-order valence-electron chi connectivity index (χ1n) is 8.68. The van der Waals surface area contributed by atoms with Gasteiger partial charge in [-0.15, -0.1) is 0 Å². The van der Waals surface area contributed by atoms with Crippen LogP contribution in [-0.2, 0) is 13.0 Å². The zero-order chi connectivity index (χ0) is 17.8. The molecule has 0 saturated heterocycles. The normalized spacial score (nSPS) is 12.8. The maximum absolute atomic E-state index is 9.44. The number of fused-ring (bicyclic) bond motifs is 1. The van der Waals surface area contributed by atoms with Gasteiger partial charge < -0.3 is 20.3 Å². The van der Waals surface area contributed by atoms with E-state index in [2.05, 4.69) is 29.6 Å². The smallest absolute Gasteiger partial charge is 0.127 e. The van der Waals surface area contributed by atoms with Crippen LogP contribution in [0.1, 0.15) is 23.9 Å². The first-order chi connectivity index (χ1) is 12.0. The Bertz CT molecular complexity index is 823. The Hall–Kier alpha value is -2.37. The lowest BCUT2D eigenvalue weighted by molar-refractivity contribution is 0.384. The van der Waals surface area contributed by atoms with Crippen molar-refractivity contribution in [2.75, 3.05) is 20.6 Å². The van der Waals surface area contributed by atoms with Crippen molar-refractivity contribution >= 4 is 11.0 Å². The summed E-state index contributed by atoms with van der Waals surface area (Å²) in [4.78, 5) is 6.99. The molecular formula is C20H26N4O. The quantitative estimate of drug-likeness (QED) is 0.695. The van der Waals surface area contributed by atoms with Crippen molar-refractivity contribution in [2.24, 2.45) is 5.73 Å². The van der Waals surface area contributed by atoms with Crippen LogP contribution in [0.25, 0.3) is 11.0 Å². The fourth-order valence-electron chi connectivity index (χ4n) is 3.13. The van der Waals surface area contributed by atoms with Crippen LogP contribution in [0.2, 0.25) is 0 Å². The molecule has 25 heavy (non-hydrogen) atoms. The number of hydrogen-bond donors (Lipinski definition) is 2. The molecule has 0 amide bonds. The Balaban J connectivity index is 1.86. The van der Waals surface area contributed by atoms with Crippen molar-refractivity contribution in [3.63, 3.8) is 0 Å². The van der Waals surface area contributed by atoms with Crippen LogP contribution in [0.4, 0.5) is 0 Å². The molecule has 3 rings (SSSR count). The van der Waals surface area contributed by atoms with Crippen LogP contribution in [-0.4, -0.2) is 40.2 Å². The number of phenols is 1. The summed E-state index contributed by atoms with van der Waals surface area (Å²) < 4.78 is 2.25. The number of aromatic hydroxyl groups is 1. The lowest BCUT2D eigenvalue weighted by Gasteiger charge is -2.16. The Kier molecular flexibility index (Phi) is 5.36. The molecule has 1 aromatic heterocycles. The molecule has 0 aliphatic rings. The SMILES string of the molecule is CN(C)CCCn1c(C(N)Cc2ccc(O)cc2)nc2ccccc21. The fraction of sp³-hybridized carbons (Fsp3) is 0.350. The molecule has 0 radical (unpaired) electrons. The minimum absolute atomic E-state index is 0.184. The molecular weight excluding hydrogens is 312 g/mol. The maximum Gasteiger partial charge on any atom is 0.127 e. The second-order valence-electron chi connectivity index (χ2n) is 6.74. The number of para-hydroxylation sites is 2. The molecule has 0 bridgehead atoms. The van der Waals surface area contributed by atoms with Crippen LogP contribution in [0.15, 0.2) is 48.5 Å². The van der Waals surface area contributed by atoms with E-state index in [1.165, 1.54) is 0 Å². The minimum atomic E-state index is -0.184. The van der Waals surface area contributed by atoms with E-state index in [0.29, 0.717) is 6.42 Å². The molecule has 3 aromatic rings. The molecule has 2 aromatic carbocycles. The Labute approximate surface area is 148 Å². The molecule has 0 aliphatic carbocycles. The second kappa shape index (κ2) is 7.68. The highest BCUT2D eigenvalue weighted by Crippen LogP contribution is 2.23. The van der Waals surface area contributed by atoms with Crippen molar-refractivity contribution in [3.8, 4) is 5.75 Å². The molecule has 0 spiro atoms. The zero-order valence-corrected chi connectivity index (χ0v) is 14.9. The summed E-state index contributed by atoms with van der Waals surface area (Å²) in [5.41, 5.74) is 9.73. The second-order valence-corrected chi connectivity index (χ2v) is 6.74. The highest BCUT2D eigenvalue weighted by Gasteiger charge is 2.17. The maximum atomic E-state index is 9.44. The van der Waals surface area contributed by atoms with Crippen molar-refractivity contribution < 1.29 is 5.11 Å². The first kappa shape index (κ1) is 17.5. The van der Waals surface area contributed by atoms with Crippen molar-refractivity contribution in [1.29, 1.82) is 0 Å². The summed E-state index contributed by atoms with van der Waals surface area (Å²) >= 11 is 0. The van der Waals surface area contributed by atoms with E-state index < -0.39 is 0 Å². The van der Waals surface area contributed by atoms with E-state index in [0.717, 1.165) is 41.9 Å². The average Bonchev–Trinajstić information content (AvgIpc) is 2.96. The number of hydrogen-bond acceptors (Lipinski definition) is 4. The summed E-state index contributed by atoms with van der Waals surface area (Å²) in [7, 11) is 4.17. The van der Waals surface area contributed by atoms with E-state index in [1.54, 1.807) is 12.1 Å². The van der Waals surface area contributed by atoms with Crippen LogP contribution < -0.4 is 5.73 Å². The monoisotopic (exact) mass is 338 g/mol. The van der Waals surface area contributed by atoms with Crippen molar-refractivity contribution in [1.82, 2.24) is 14.5 Å². The predicted molar refractivity (Wildman–Crippen MR) is 102 cm³/mol. The van der Waals surface area contributed by atoms with Gasteiger partial charge in [-0.05, 0) is 63.3 Å². The molecule has 0 saturated carbocycles. The number of aryl methyl sites for hydroxylation is 1. The Morgan fingerprint density at radius 1 is 1.12 bits per heavy atom. The number of rotatable bonds is 7. The van der Waals surface area contributed by atoms with Gasteiger partial charge >= 0.3 is 0 Å². The minimum Gasteiger partial charge on any atom is -0.508 e. The van der Waals surface area contributed by atoms with Crippen molar-refractivity contribution in [2.45, 2.75) is 25.4 Å². The molecule has 1 atom stereocenters. The van der Waals surface area contributed by atoms with Gasteiger partial charge in [0.25, 0.3) is 0 Å². The fourth-order valence-corrected chi connectivity index (χ4v) is 3.13. The van der Waals surface area contributed by atoms with Crippen LogP contribution in [0.5, 0.6) is 5.75 Å². The standard InChI is InChI=1S/C20H26N4O/c1-23(2)12-5-13-24-19-7-4-3-6-18(19)22-20(24)17(21)14-15-8-10-16(25)11-9-15/h3-4,6-11,17,25H,5,12-14,21H2,1-2H3. The zero-order valence-electron chi connectivity index (χ0n) is 14.9. The average molecular weight is 338 g/mol. The number of benzene rings is 2. The first-order valence-corrected chi connectivity index (χ1v) is 8.68. The highest BCUT2D eigenvalue weighted by molar-refractivity contribution is 5.76. The van der Waals surface area contributed by atoms with Gasteiger partial charge in [-0.3, -0.25) is 0 Å². The summed E-state index contributed by atoms with van der Waals surface area (Å²) in [6, 6.07) is 15.2. The lowest BCUT2D eigenvalue weighted by Crippen LogP contribution is -2.21. The van der Waals surface area contributed by atoms with E-state index >= 15 is 0 Å². The summed E-state index contributed by atoms with van der Waals surface area (Å²) in [6.45, 7) is 1.93. The number of nitrogens with zero attached hydrogens (tertiary/aromatic N) is 3. The topological polar surface area (TPSA) is 67.3 Å². The van der Waals surface area contributed by atoms with E-state index in [9.17, 15) is 5.11 Å². The molecule has 132 valence electrons. The van der Waals surface area contributed by atoms with Crippen molar-refractivity contribution in [3.05, 3.63) is 59.9 Å². The van der Waals surface area contributed by atoms with Gasteiger partial charge in [0.15, 0.2) is 0 Å². The number of phenolic OH excluding ortho intramolecular Hbond substituents is 1. The largest absolute Gasteiger partial charge is 0.508 e. The Morgan fingerprint density at radius 2 is 1.84 bits per heavy atom. The van der Waals surface area contributed by atoms with Crippen LogP contribution in [0, 0.1) is 0 Å². The van der Waals surface area contributed by atoms with Gasteiger partial charge in [0.2, 0.25) is 0 Å². The molecule has 5 nitrogen and oxygen atoms in total. The molecule has 5 heteroatoms. The van der Waals surface area contributed by atoms with E-state index in [4.69, 9.17) is 10.7 Å². The molecule has 0 fully saturated rings. The van der Waals surface area contributed by atoms with Gasteiger partial charge in [0.05, 0.1) is 17.1 Å². The third-order valence-corrected chi connectivity index (χ3v) is 4.39. The number of aromatic nitrogens is 2. The molecule has 0 aliphatic heterocycles. The van der Waals surface area contributed by atoms with Gasteiger partial charge in [0, 0.05) is 6.54 Å². The highest BCUT2D eigenvalue weighted by atomic mass is 16.3. The van der Waals surface area contributed by atoms with Gasteiger partial charge in [-0.25, -0.2) is 4.98 Å². The van der Waals surface area contributed by atoms with Gasteiger partial charge in [-0.2, -0.15) is 0 Å². The number of imidazole rings is 1. The van der Waals surface area contributed by atoms with Gasteiger partial charge in [0.1, 0.15) is 11.6 Å². The van der Waals surface area contributed by atoms with Gasteiger partial charge in [-0.1, -0.05) is 24.3 Å². The summed E-state index contributed by atoms with van der Waals surface area (Å²) in [5, 5.41) is 9.44. The molecule has 1 unspecified atom stereocenters. The van der Waals surface area contributed by atoms with E-state index in [1.807, 2.05) is 30.3 Å². The molecule has 3 N–H and O–H groups in total. The third kappa shape index (κ3) is 4.18. The molecule has 1 heterocycles. The lowest BCUT2D eigenvalue weighted by atomic mass is 10.1. The summed E-state index contributed by atoms with van der Waals surface area (Å²) in [6.07, 6.45) is 1.74. The predicted octanol–water partition coefficient (Wildman–Crippen LogP) is 2.94. The third-order valence-electron chi connectivity index (χ3n) is 4.39.